The van der Waals surface area contributed by atoms with Gasteiger partial charge in [0.05, 0.1) is 0 Å². The molecule has 0 N–H and O–H groups in total. The zero-order valence-electron chi connectivity index (χ0n) is 18.0. The van der Waals surface area contributed by atoms with Crippen LogP contribution in [0.25, 0.3) is 11.1 Å². The third kappa shape index (κ3) is 5.28. The molecule has 1 atom stereocenters. The van der Waals surface area contributed by atoms with E-state index in [-0.39, 0.29) is 17.3 Å². The summed E-state index contributed by atoms with van der Waals surface area (Å²) in [5.74, 6) is -1.24. The summed E-state index contributed by atoms with van der Waals surface area (Å²) in [4.78, 5) is 0. The maximum Gasteiger partial charge on any atom is 0.129 e. The Kier molecular flexibility index (Phi) is 6.75. The average Bonchev–Trinajstić information content (AvgIpc) is 2.81. The molecule has 4 aromatic rings. The first-order valence-electron chi connectivity index (χ1n) is 10.9. The highest BCUT2D eigenvalue weighted by Crippen LogP contribution is 2.29. The summed E-state index contributed by atoms with van der Waals surface area (Å²) in [6.45, 7) is 1.98. The van der Waals surface area contributed by atoms with Crippen molar-refractivity contribution in [1.29, 1.82) is 0 Å². The Bertz CT molecular complexity index is 1140. The van der Waals surface area contributed by atoms with Crippen LogP contribution in [-0.4, -0.2) is 0 Å². The Morgan fingerprint density at radius 1 is 0.625 bits per heavy atom. The Morgan fingerprint density at radius 2 is 1.16 bits per heavy atom. The third-order valence-electron chi connectivity index (χ3n) is 5.92. The molecule has 0 aliphatic carbocycles. The Hall–Kier alpha value is -3.33. The quantitative estimate of drug-likeness (QED) is 0.279. The van der Waals surface area contributed by atoms with Gasteiger partial charge in [-0.3, -0.25) is 0 Å². The summed E-state index contributed by atoms with van der Waals surface area (Å²) >= 11 is 0. The van der Waals surface area contributed by atoms with E-state index in [0.29, 0.717) is 12.0 Å². The lowest BCUT2D eigenvalue weighted by Gasteiger charge is -2.14. The molecule has 1 unspecified atom stereocenters. The molecular weight excluding hydrogens is 405 g/mol. The number of aryl methyl sites for hydroxylation is 2. The van der Waals surface area contributed by atoms with Crippen LogP contribution in [0, 0.1) is 17.5 Å². The van der Waals surface area contributed by atoms with Gasteiger partial charge in [-0.1, -0.05) is 73.7 Å². The van der Waals surface area contributed by atoms with E-state index in [1.54, 1.807) is 12.1 Å². The highest BCUT2D eigenvalue weighted by molar-refractivity contribution is 5.64. The van der Waals surface area contributed by atoms with Crippen molar-refractivity contribution in [3.63, 3.8) is 0 Å². The molecule has 0 aliphatic heterocycles. The van der Waals surface area contributed by atoms with Gasteiger partial charge in [0.2, 0.25) is 0 Å². The van der Waals surface area contributed by atoms with Gasteiger partial charge in [-0.25, -0.2) is 13.2 Å². The van der Waals surface area contributed by atoms with Crippen LogP contribution < -0.4 is 0 Å². The van der Waals surface area contributed by atoms with Gasteiger partial charge >= 0.3 is 0 Å². The summed E-state index contributed by atoms with van der Waals surface area (Å²) in [5.41, 5.74) is 4.68. The van der Waals surface area contributed by atoms with Gasteiger partial charge in [-0.15, -0.1) is 0 Å². The molecule has 0 aliphatic rings. The largest absolute Gasteiger partial charge is 0.207 e. The number of hydrogen-bond donors (Lipinski definition) is 0. The smallest absolute Gasteiger partial charge is 0.129 e. The molecule has 162 valence electrons. The van der Waals surface area contributed by atoms with E-state index in [1.807, 2.05) is 61.5 Å². The van der Waals surface area contributed by atoms with Gasteiger partial charge in [-0.05, 0) is 77.3 Å². The summed E-state index contributed by atoms with van der Waals surface area (Å²) in [6.07, 6.45) is 1.92. The third-order valence-corrected chi connectivity index (χ3v) is 5.92. The topological polar surface area (TPSA) is 0 Å². The van der Waals surface area contributed by atoms with Crippen molar-refractivity contribution in [2.24, 2.45) is 0 Å². The number of benzene rings is 4. The van der Waals surface area contributed by atoms with Crippen molar-refractivity contribution in [2.45, 2.75) is 32.1 Å². The van der Waals surface area contributed by atoms with Gasteiger partial charge in [0.25, 0.3) is 0 Å². The van der Waals surface area contributed by atoms with Crippen LogP contribution in [0.15, 0.2) is 91.0 Å². The minimum atomic E-state index is -0.511. The lowest BCUT2D eigenvalue weighted by Crippen LogP contribution is -2.04. The number of hydrogen-bond acceptors (Lipinski definition) is 0. The van der Waals surface area contributed by atoms with Gasteiger partial charge in [-0.2, -0.15) is 0 Å². The zero-order chi connectivity index (χ0) is 22.5. The van der Waals surface area contributed by atoms with Crippen molar-refractivity contribution in [3.05, 3.63) is 131 Å². The summed E-state index contributed by atoms with van der Waals surface area (Å²) in [7, 11) is 0. The van der Waals surface area contributed by atoms with Crippen molar-refractivity contribution in [1.82, 2.24) is 0 Å². The molecular formula is C29H25F3. The highest BCUT2D eigenvalue weighted by Gasteiger charge is 2.16. The van der Waals surface area contributed by atoms with Gasteiger partial charge in [0, 0.05) is 5.56 Å². The number of halogens is 3. The van der Waals surface area contributed by atoms with Crippen LogP contribution in [0.3, 0.4) is 0 Å². The minimum Gasteiger partial charge on any atom is -0.207 e. The molecule has 4 rings (SSSR count). The maximum atomic E-state index is 14.8. The first kappa shape index (κ1) is 21.9. The Morgan fingerprint density at radius 3 is 1.72 bits per heavy atom. The van der Waals surface area contributed by atoms with Crippen LogP contribution in [0.5, 0.6) is 0 Å². The van der Waals surface area contributed by atoms with Crippen molar-refractivity contribution >= 4 is 0 Å². The molecule has 4 aromatic carbocycles. The molecule has 0 aromatic heterocycles. The summed E-state index contributed by atoms with van der Waals surface area (Å²) in [5, 5.41) is 0. The van der Waals surface area contributed by atoms with E-state index in [0.717, 1.165) is 35.1 Å². The van der Waals surface area contributed by atoms with Crippen LogP contribution >= 0.6 is 0 Å². The highest BCUT2D eigenvalue weighted by atomic mass is 19.1. The molecule has 0 saturated heterocycles. The Balaban J connectivity index is 1.46. The van der Waals surface area contributed by atoms with E-state index < -0.39 is 11.6 Å². The predicted molar refractivity (Wildman–Crippen MR) is 124 cm³/mol. The van der Waals surface area contributed by atoms with Crippen molar-refractivity contribution < 1.29 is 13.2 Å². The van der Waals surface area contributed by atoms with E-state index in [9.17, 15) is 13.2 Å². The van der Waals surface area contributed by atoms with E-state index in [1.165, 1.54) is 24.3 Å². The lowest BCUT2D eigenvalue weighted by atomic mass is 9.92. The molecule has 0 amide bonds. The molecule has 0 heterocycles. The van der Waals surface area contributed by atoms with Crippen LogP contribution in [0.4, 0.5) is 13.2 Å². The standard InChI is InChI=1S/C29H25F3/c1-20(23-5-3-2-4-6-23)17-27-28(31)18-25(19-29(27)32)24-13-9-21(10-14-24)7-8-22-11-15-26(30)16-12-22/h2-6,9-16,18-20H,7-8,17H2,1H3. The number of rotatable bonds is 7. The summed E-state index contributed by atoms with van der Waals surface area (Å²) in [6, 6.07) is 26.8. The monoisotopic (exact) mass is 430 g/mol. The molecule has 0 bridgehead atoms. The van der Waals surface area contributed by atoms with Gasteiger partial charge in [0.15, 0.2) is 0 Å². The zero-order valence-corrected chi connectivity index (χ0v) is 18.0. The van der Waals surface area contributed by atoms with Crippen LogP contribution in [0.2, 0.25) is 0 Å². The second-order valence-electron chi connectivity index (χ2n) is 8.26. The van der Waals surface area contributed by atoms with E-state index in [4.69, 9.17) is 0 Å². The molecule has 0 nitrogen and oxygen atoms in total. The molecule has 3 heteroatoms. The normalized spacial score (nSPS) is 12.0. The van der Waals surface area contributed by atoms with Gasteiger partial charge < -0.3 is 0 Å². The van der Waals surface area contributed by atoms with E-state index in [2.05, 4.69) is 0 Å². The van der Waals surface area contributed by atoms with Gasteiger partial charge in [0.1, 0.15) is 17.5 Å². The van der Waals surface area contributed by atoms with E-state index >= 15 is 0 Å². The molecule has 0 fully saturated rings. The van der Waals surface area contributed by atoms with Crippen molar-refractivity contribution in [3.8, 4) is 11.1 Å². The molecule has 0 saturated carbocycles. The maximum absolute atomic E-state index is 14.8. The lowest BCUT2D eigenvalue weighted by molar-refractivity contribution is 0.544. The fourth-order valence-electron chi connectivity index (χ4n) is 3.97. The fourth-order valence-corrected chi connectivity index (χ4v) is 3.97. The average molecular weight is 431 g/mol. The second-order valence-corrected chi connectivity index (χ2v) is 8.26. The Labute approximate surface area is 187 Å². The van der Waals surface area contributed by atoms with Crippen molar-refractivity contribution in [2.75, 3.05) is 0 Å². The molecule has 0 radical (unpaired) electrons. The molecule has 32 heavy (non-hydrogen) atoms. The predicted octanol–water partition coefficient (Wildman–Crippen LogP) is 7.90. The summed E-state index contributed by atoms with van der Waals surface area (Å²) < 4.78 is 42.7. The first-order chi connectivity index (χ1) is 15.5. The second kappa shape index (κ2) is 9.86. The SMILES string of the molecule is CC(Cc1c(F)cc(-c2ccc(CCc3ccc(F)cc3)cc2)cc1F)c1ccccc1. The van der Waals surface area contributed by atoms with Crippen LogP contribution in [-0.2, 0) is 19.3 Å². The fraction of sp³-hybridized carbons (Fsp3) is 0.172. The molecule has 0 spiro atoms. The van der Waals surface area contributed by atoms with Crippen LogP contribution in [0.1, 0.15) is 35.1 Å². The first-order valence-corrected chi connectivity index (χ1v) is 10.9. The minimum absolute atomic E-state index is 0.0199.